The molecule has 0 aliphatic carbocycles. The van der Waals surface area contributed by atoms with Crippen molar-refractivity contribution in [3.8, 4) is 0 Å². The van der Waals surface area contributed by atoms with Gasteiger partial charge in [0.15, 0.2) is 0 Å². The summed E-state index contributed by atoms with van der Waals surface area (Å²) in [5, 5.41) is 13.3. The molecule has 1 aromatic rings. The molecule has 1 heterocycles. The molecule has 0 atom stereocenters. The number of primary amides is 1. The first-order valence-corrected chi connectivity index (χ1v) is 2.28. The molecule has 0 aromatic carbocycles. The van der Waals surface area contributed by atoms with E-state index < -0.39 is 11.7 Å². The van der Waals surface area contributed by atoms with Crippen molar-refractivity contribution < 1.29 is 14.3 Å². The van der Waals surface area contributed by atoms with Crippen LogP contribution < -0.4 is 16.4 Å². The van der Waals surface area contributed by atoms with Crippen LogP contribution in [0.5, 0.6) is 0 Å². The molecule has 0 aliphatic heterocycles. The van der Waals surface area contributed by atoms with Gasteiger partial charge < -0.3 is 21.3 Å². The summed E-state index contributed by atoms with van der Waals surface area (Å²) in [6, 6.07) is 0. The van der Waals surface area contributed by atoms with Crippen LogP contribution in [0.2, 0.25) is 0 Å². The fraction of sp³-hybridized carbons (Fsp3) is 0. The van der Waals surface area contributed by atoms with E-state index in [4.69, 9.17) is 11.5 Å². The third kappa shape index (κ3) is 0.729. The highest BCUT2D eigenvalue weighted by Crippen LogP contribution is 1.98. The number of amides is 1. The number of anilines is 1. The van der Waals surface area contributed by atoms with Crippen molar-refractivity contribution in [2.24, 2.45) is 5.73 Å². The maximum absolute atomic E-state index is 10.3. The molecule has 0 radical (unpaired) electrons. The molecule has 7 heteroatoms. The second-order valence-electron chi connectivity index (χ2n) is 1.53. The molecule has 0 fully saturated rings. The zero-order chi connectivity index (χ0) is 7.72. The monoisotopic (exact) mass is 144 g/mol. The lowest BCUT2D eigenvalue weighted by Crippen LogP contribution is -2.28. The van der Waals surface area contributed by atoms with Gasteiger partial charge in [0.25, 0.3) is 11.6 Å². The Bertz CT molecular complexity index is 267. The standard InChI is InChI=1S/C3H4N4O3/c4-2-1(3(5)8)6-10-7(2)9/h4H2,(H2,5,8). The van der Waals surface area contributed by atoms with E-state index in [1.165, 1.54) is 0 Å². The molecule has 0 saturated heterocycles. The number of carbonyl (C=O) groups excluding carboxylic acids is 1. The quantitative estimate of drug-likeness (QED) is 0.441. The number of aromatic nitrogens is 2. The zero-order valence-electron chi connectivity index (χ0n) is 4.77. The molecule has 1 rings (SSSR count). The predicted molar refractivity (Wildman–Crippen MR) is 28.4 cm³/mol. The zero-order valence-corrected chi connectivity index (χ0v) is 4.77. The number of hydrogen-bond acceptors (Lipinski definition) is 5. The van der Waals surface area contributed by atoms with Crippen molar-refractivity contribution in [3.63, 3.8) is 0 Å². The van der Waals surface area contributed by atoms with Crippen LogP contribution >= 0.6 is 0 Å². The van der Waals surface area contributed by atoms with Gasteiger partial charge in [-0.05, 0) is 5.16 Å². The summed E-state index contributed by atoms with van der Waals surface area (Å²) in [6.45, 7) is 0. The van der Waals surface area contributed by atoms with E-state index >= 15 is 0 Å². The van der Waals surface area contributed by atoms with Crippen LogP contribution in [0.4, 0.5) is 5.82 Å². The minimum absolute atomic E-state index is 0.0971. The van der Waals surface area contributed by atoms with Crippen LogP contribution in [0.3, 0.4) is 0 Å². The summed E-state index contributed by atoms with van der Waals surface area (Å²) in [6.07, 6.45) is 0. The van der Waals surface area contributed by atoms with Crippen molar-refractivity contribution in [1.82, 2.24) is 5.16 Å². The number of carbonyl (C=O) groups is 1. The van der Waals surface area contributed by atoms with Gasteiger partial charge in [-0.3, -0.25) is 4.79 Å². The van der Waals surface area contributed by atoms with E-state index in [2.05, 4.69) is 9.79 Å². The largest absolute Gasteiger partial charge is 0.391 e. The Morgan fingerprint density at radius 2 is 2.40 bits per heavy atom. The molecule has 0 aliphatic rings. The van der Waals surface area contributed by atoms with Gasteiger partial charge in [-0.2, -0.15) is 0 Å². The highest BCUT2D eigenvalue weighted by atomic mass is 16.8. The van der Waals surface area contributed by atoms with E-state index in [1.54, 1.807) is 0 Å². The molecule has 0 bridgehead atoms. The minimum Gasteiger partial charge on any atom is -0.391 e. The molecule has 4 N–H and O–H groups in total. The lowest BCUT2D eigenvalue weighted by Gasteiger charge is -1.85. The average Bonchev–Trinajstić information content (AvgIpc) is 2.14. The normalized spacial score (nSPS) is 9.60. The number of nitrogens with two attached hydrogens (primary N) is 2. The molecular formula is C3H4N4O3. The second kappa shape index (κ2) is 1.87. The maximum atomic E-state index is 10.3. The third-order valence-electron chi connectivity index (χ3n) is 0.879. The average molecular weight is 144 g/mol. The molecule has 0 spiro atoms. The number of nitrogen functional groups attached to an aromatic ring is 1. The molecule has 7 nitrogen and oxygen atoms in total. The molecular weight excluding hydrogens is 140 g/mol. The molecule has 10 heavy (non-hydrogen) atoms. The highest BCUT2D eigenvalue weighted by molar-refractivity contribution is 5.94. The fourth-order valence-corrected chi connectivity index (χ4v) is 0.426. The lowest BCUT2D eigenvalue weighted by molar-refractivity contribution is -0.790. The molecule has 1 amide bonds. The van der Waals surface area contributed by atoms with Crippen LogP contribution in [0.25, 0.3) is 0 Å². The van der Waals surface area contributed by atoms with Crippen molar-refractivity contribution >= 4 is 11.7 Å². The van der Waals surface area contributed by atoms with E-state index in [0.717, 1.165) is 0 Å². The van der Waals surface area contributed by atoms with Crippen molar-refractivity contribution in [1.29, 1.82) is 0 Å². The van der Waals surface area contributed by atoms with Gasteiger partial charge in [0.2, 0.25) is 0 Å². The Morgan fingerprint density at radius 3 is 2.60 bits per heavy atom. The highest BCUT2D eigenvalue weighted by Gasteiger charge is 2.18. The predicted octanol–water partition coefficient (Wildman–Crippen LogP) is -2.01. The van der Waals surface area contributed by atoms with Gasteiger partial charge in [-0.1, -0.05) is 4.90 Å². The van der Waals surface area contributed by atoms with E-state index in [9.17, 15) is 10.0 Å². The Morgan fingerprint density at radius 1 is 1.80 bits per heavy atom. The van der Waals surface area contributed by atoms with Gasteiger partial charge >= 0.3 is 5.82 Å². The number of rotatable bonds is 1. The van der Waals surface area contributed by atoms with Gasteiger partial charge in [0, 0.05) is 0 Å². The maximum Gasteiger partial charge on any atom is 0.305 e. The van der Waals surface area contributed by atoms with Crippen LogP contribution in [0.1, 0.15) is 10.5 Å². The molecule has 54 valence electrons. The molecule has 0 unspecified atom stereocenters. The molecule has 0 saturated carbocycles. The topological polar surface area (TPSA) is 122 Å². The summed E-state index contributed by atoms with van der Waals surface area (Å²) >= 11 is 0. The van der Waals surface area contributed by atoms with Gasteiger partial charge in [0.05, 0.1) is 0 Å². The van der Waals surface area contributed by atoms with Gasteiger partial charge in [-0.25, -0.2) is 0 Å². The van der Waals surface area contributed by atoms with Crippen molar-refractivity contribution in [2.45, 2.75) is 0 Å². The Balaban J connectivity index is 3.17. The second-order valence-corrected chi connectivity index (χ2v) is 1.53. The Hall–Kier alpha value is -1.79. The number of nitrogens with zero attached hydrogens (tertiary/aromatic N) is 2. The summed E-state index contributed by atoms with van der Waals surface area (Å²) < 4.78 is 3.94. The fourth-order valence-electron chi connectivity index (χ4n) is 0.426. The SMILES string of the molecule is NC(=O)c1no[n+]([O-])c1N. The summed E-state index contributed by atoms with van der Waals surface area (Å²) in [5.74, 6) is -1.32. The van der Waals surface area contributed by atoms with Crippen molar-refractivity contribution in [3.05, 3.63) is 10.9 Å². The van der Waals surface area contributed by atoms with E-state index in [-0.39, 0.29) is 10.6 Å². The van der Waals surface area contributed by atoms with Gasteiger partial charge in [-0.15, -0.1) is 0 Å². The van der Waals surface area contributed by atoms with Crippen LogP contribution in [-0.4, -0.2) is 11.1 Å². The van der Waals surface area contributed by atoms with Crippen molar-refractivity contribution in [2.75, 3.05) is 5.73 Å². The van der Waals surface area contributed by atoms with E-state index in [0.29, 0.717) is 0 Å². The molecule has 1 aromatic heterocycles. The first-order chi connectivity index (χ1) is 4.63. The smallest absolute Gasteiger partial charge is 0.305 e. The Labute approximate surface area is 54.7 Å². The van der Waals surface area contributed by atoms with Crippen LogP contribution in [0.15, 0.2) is 4.63 Å². The Kier molecular flexibility index (Phi) is 1.18. The number of hydrogen-bond donors (Lipinski definition) is 2. The van der Waals surface area contributed by atoms with Crippen LogP contribution in [-0.2, 0) is 0 Å². The summed E-state index contributed by atoms with van der Waals surface area (Å²) in [5.41, 5.74) is 9.38. The lowest BCUT2D eigenvalue weighted by atomic mass is 10.4. The van der Waals surface area contributed by atoms with E-state index in [1.807, 2.05) is 0 Å². The minimum atomic E-state index is -0.893. The first kappa shape index (κ1) is 6.33. The summed E-state index contributed by atoms with van der Waals surface area (Å²) in [7, 11) is 0. The first-order valence-electron chi connectivity index (χ1n) is 2.28. The van der Waals surface area contributed by atoms with Gasteiger partial charge in [0.1, 0.15) is 0 Å². The summed E-state index contributed by atoms with van der Waals surface area (Å²) in [4.78, 5) is 10.2. The van der Waals surface area contributed by atoms with Crippen LogP contribution in [0, 0.1) is 5.21 Å². The third-order valence-corrected chi connectivity index (χ3v) is 0.879.